The Bertz CT molecular complexity index is 859. The van der Waals surface area contributed by atoms with Crippen LogP contribution in [0.2, 0.25) is 0 Å². The zero-order valence-corrected chi connectivity index (χ0v) is 15.5. The summed E-state index contributed by atoms with van der Waals surface area (Å²) in [6.45, 7) is 7.81. The Kier molecular flexibility index (Phi) is 4.92. The van der Waals surface area contributed by atoms with Crippen molar-refractivity contribution in [3.63, 3.8) is 0 Å². The third-order valence-corrected chi connectivity index (χ3v) is 4.66. The van der Waals surface area contributed by atoms with Crippen LogP contribution in [0, 0.1) is 6.92 Å². The minimum atomic E-state index is -0.216. The number of carbonyl (C=O) groups excluding carboxylic acids is 2. The zero-order chi connectivity index (χ0) is 18.8. The number of hydrogen-bond donors (Lipinski definition) is 1. The Morgan fingerprint density at radius 3 is 2.73 bits per heavy atom. The van der Waals surface area contributed by atoms with Gasteiger partial charge in [0, 0.05) is 30.9 Å². The highest BCUT2D eigenvalue weighted by Gasteiger charge is 2.29. The van der Waals surface area contributed by atoms with Crippen molar-refractivity contribution in [3.05, 3.63) is 40.3 Å². The summed E-state index contributed by atoms with van der Waals surface area (Å²) >= 11 is 0. The number of hydrogen-bond acceptors (Lipinski definition) is 5. The van der Waals surface area contributed by atoms with Crippen LogP contribution in [0.3, 0.4) is 0 Å². The molecule has 0 radical (unpaired) electrons. The molecule has 0 aromatic carbocycles. The summed E-state index contributed by atoms with van der Waals surface area (Å²) in [5, 5.41) is 7.05. The molecule has 0 saturated carbocycles. The maximum absolute atomic E-state index is 12.5. The lowest BCUT2D eigenvalue weighted by molar-refractivity contribution is 0.0786. The maximum Gasteiger partial charge on any atom is 0.256 e. The van der Waals surface area contributed by atoms with Gasteiger partial charge in [-0.25, -0.2) is 4.98 Å². The van der Waals surface area contributed by atoms with E-state index in [1.165, 1.54) is 7.11 Å². The highest BCUT2D eigenvalue weighted by Crippen LogP contribution is 2.27. The van der Waals surface area contributed by atoms with E-state index in [0.29, 0.717) is 47.9 Å². The van der Waals surface area contributed by atoms with Crippen LogP contribution in [-0.2, 0) is 19.6 Å². The smallest absolute Gasteiger partial charge is 0.256 e. The molecule has 0 spiro atoms. The Balaban J connectivity index is 1.80. The van der Waals surface area contributed by atoms with E-state index < -0.39 is 0 Å². The number of rotatable bonds is 6. The van der Waals surface area contributed by atoms with E-state index in [2.05, 4.69) is 15.4 Å². The molecular formula is C18H23N5O3. The second-order valence-corrected chi connectivity index (χ2v) is 6.11. The summed E-state index contributed by atoms with van der Waals surface area (Å²) in [5.74, 6) is 0.173. The van der Waals surface area contributed by atoms with Crippen molar-refractivity contribution in [2.24, 2.45) is 0 Å². The Hall–Kier alpha value is -2.90. The SMILES string of the molecule is CCN1Cc2nc(OC)c(CNC(=O)c3cnn(CC)c3C)cc2C1=O. The van der Waals surface area contributed by atoms with Crippen LogP contribution < -0.4 is 10.1 Å². The summed E-state index contributed by atoms with van der Waals surface area (Å²) in [6.07, 6.45) is 1.56. The van der Waals surface area contributed by atoms with E-state index in [9.17, 15) is 9.59 Å². The summed E-state index contributed by atoms with van der Waals surface area (Å²) in [6, 6.07) is 1.77. The van der Waals surface area contributed by atoms with Crippen LogP contribution in [0.25, 0.3) is 0 Å². The Morgan fingerprint density at radius 1 is 1.35 bits per heavy atom. The van der Waals surface area contributed by atoms with E-state index >= 15 is 0 Å². The van der Waals surface area contributed by atoms with Gasteiger partial charge in [0.15, 0.2) is 0 Å². The fourth-order valence-corrected chi connectivity index (χ4v) is 3.12. The molecule has 1 aliphatic heterocycles. The van der Waals surface area contributed by atoms with Crippen molar-refractivity contribution in [2.45, 2.75) is 40.4 Å². The van der Waals surface area contributed by atoms with Gasteiger partial charge in [0.25, 0.3) is 11.8 Å². The molecule has 3 rings (SSSR count). The predicted molar refractivity (Wildman–Crippen MR) is 95.0 cm³/mol. The van der Waals surface area contributed by atoms with Crippen molar-refractivity contribution >= 4 is 11.8 Å². The topological polar surface area (TPSA) is 89.3 Å². The Labute approximate surface area is 152 Å². The van der Waals surface area contributed by atoms with Crippen LogP contribution in [-0.4, -0.2) is 45.1 Å². The molecular weight excluding hydrogens is 334 g/mol. The normalized spacial score (nSPS) is 13.1. The average Bonchev–Trinajstić information content (AvgIpc) is 3.18. The molecule has 2 aromatic rings. The average molecular weight is 357 g/mol. The number of pyridine rings is 1. The van der Waals surface area contributed by atoms with E-state index in [0.717, 1.165) is 5.69 Å². The molecule has 0 fully saturated rings. The third-order valence-electron chi connectivity index (χ3n) is 4.66. The lowest BCUT2D eigenvalue weighted by atomic mass is 10.1. The van der Waals surface area contributed by atoms with Crippen molar-refractivity contribution < 1.29 is 14.3 Å². The summed E-state index contributed by atoms with van der Waals surface area (Å²) < 4.78 is 7.12. The van der Waals surface area contributed by atoms with Crippen LogP contribution >= 0.6 is 0 Å². The largest absolute Gasteiger partial charge is 0.481 e. The standard InChI is InChI=1S/C18H23N5O3/c1-5-22-10-15-13(18(22)25)7-12(17(21-15)26-4)8-19-16(24)14-9-20-23(6-2)11(14)3/h7,9H,5-6,8,10H2,1-4H3,(H,19,24). The number of fused-ring (bicyclic) bond motifs is 1. The lowest BCUT2D eigenvalue weighted by Gasteiger charge is -2.10. The monoisotopic (exact) mass is 357 g/mol. The van der Waals surface area contributed by atoms with Crippen molar-refractivity contribution in [3.8, 4) is 5.88 Å². The van der Waals surface area contributed by atoms with Crippen molar-refractivity contribution in [1.29, 1.82) is 0 Å². The number of nitrogens with zero attached hydrogens (tertiary/aromatic N) is 4. The molecule has 138 valence electrons. The third kappa shape index (κ3) is 3.02. The predicted octanol–water partition coefficient (Wildman–Crippen LogP) is 1.52. The van der Waals surface area contributed by atoms with Gasteiger partial charge in [-0.1, -0.05) is 0 Å². The minimum absolute atomic E-state index is 0.0368. The lowest BCUT2D eigenvalue weighted by Crippen LogP contribution is -2.24. The Morgan fingerprint density at radius 2 is 2.12 bits per heavy atom. The zero-order valence-electron chi connectivity index (χ0n) is 15.5. The molecule has 0 unspecified atom stereocenters. The molecule has 8 nitrogen and oxygen atoms in total. The first-order chi connectivity index (χ1) is 12.5. The van der Waals surface area contributed by atoms with Gasteiger partial charge in [0.2, 0.25) is 5.88 Å². The summed E-state index contributed by atoms with van der Waals surface area (Å²) in [5.41, 5.74) is 3.31. The first kappa shape index (κ1) is 17.9. The van der Waals surface area contributed by atoms with Crippen LogP contribution in [0.1, 0.15) is 51.5 Å². The van der Waals surface area contributed by atoms with E-state index in [4.69, 9.17) is 4.74 Å². The molecule has 0 bridgehead atoms. The molecule has 2 aromatic heterocycles. The molecule has 2 amide bonds. The fourth-order valence-electron chi connectivity index (χ4n) is 3.12. The molecule has 3 heterocycles. The van der Waals surface area contributed by atoms with Crippen molar-refractivity contribution in [1.82, 2.24) is 25.0 Å². The summed E-state index contributed by atoms with van der Waals surface area (Å²) in [4.78, 5) is 31.0. The molecule has 26 heavy (non-hydrogen) atoms. The van der Waals surface area contributed by atoms with Gasteiger partial charge in [-0.05, 0) is 26.8 Å². The fraction of sp³-hybridized carbons (Fsp3) is 0.444. The molecule has 8 heteroatoms. The van der Waals surface area contributed by atoms with Crippen molar-refractivity contribution in [2.75, 3.05) is 13.7 Å². The first-order valence-electron chi connectivity index (χ1n) is 8.66. The molecule has 0 saturated heterocycles. The highest BCUT2D eigenvalue weighted by molar-refractivity contribution is 5.98. The second-order valence-electron chi connectivity index (χ2n) is 6.11. The first-order valence-corrected chi connectivity index (χ1v) is 8.66. The number of aromatic nitrogens is 3. The van der Waals surface area contributed by atoms with Gasteiger partial charge in [-0.15, -0.1) is 0 Å². The number of ether oxygens (including phenoxy) is 1. The molecule has 1 aliphatic rings. The van der Waals surface area contributed by atoms with Crippen LogP contribution in [0.15, 0.2) is 12.3 Å². The maximum atomic E-state index is 12.5. The molecule has 1 N–H and O–H groups in total. The van der Waals surface area contributed by atoms with E-state index in [1.807, 2.05) is 20.8 Å². The molecule has 0 atom stereocenters. The van der Waals surface area contributed by atoms with E-state index in [1.54, 1.807) is 21.8 Å². The van der Waals surface area contributed by atoms with Crippen LogP contribution in [0.5, 0.6) is 5.88 Å². The second kappa shape index (κ2) is 7.15. The van der Waals surface area contributed by atoms with Gasteiger partial charge in [-0.2, -0.15) is 5.10 Å². The quantitative estimate of drug-likeness (QED) is 0.847. The van der Waals surface area contributed by atoms with Gasteiger partial charge in [0.05, 0.1) is 36.7 Å². The van der Waals surface area contributed by atoms with Gasteiger partial charge in [-0.3, -0.25) is 14.3 Å². The van der Waals surface area contributed by atoms with Gasteiger partial charge < -0.3 is 15.0 Å². The number of aryl methyl sites for hydroxylation is 1. The summed E-state index contributed by atoms with van der Waals surface area (Å²) in [7, 11) is 1.53. The number of methoxy groups -OCH3 is 1. The number of carbonyl (C=O) groups is 2. The van der Waals surface area contributed by atoms with Crippen LogP contribution in [0.4, 0.5) is 0 Å². The van der Waals surface area contributed by atoms with Gasteiger partial charge in [0.1, 0.15) is 0 Å². The highest BCUT2D eigenvalue weighted by atomic mass is 16.5. The minimum Gasteiger partial charge on any atom is -0.481 e. The number of nitrogens with one attached hydrogen (secondary N) is 1. The number of amides is 2. The van der Waals surface area contributed by atoms with E-state index in [-0.39, 0.29) is 18.4 Å². The molecule has 0 aliphatic carbocycles. The van der Waals surface area contributed by atoms with Gasteiger partial charge >= 0.3 is 0 Å².